The lowest BCUT2D eigenvalue weighted by atomic mass is 9.92. The van der Waals surface area contributed by atoms with Gasteiger partial charge in [0.1, 0.15) is 0 Å². The maximum absolute atomic E-state index is 11.2. The maximum Gasteiger partial charge on any atom is 0.204 e. The van der Waals surface area contributed by atoms with Crippen molar-refractivity contribution in [3.05, 3.63) is 60.7 Å². The molecule has 0 spiro atoms. The number of hydrogen-bond acceptors (Lipinski definition) is 10. The van der Waals surface area contributed by atoms with E-state index in [9.17, 15) is 51.1 Å². The molecule has 0 aliphatic carbocycles. The highest BCUT2D eigenvalue weighted by molar-refractivity contribution is 6.32. The summed E-state index contributed by atoms with van der Waals surface area (Å²) in [6, 6.07) is 15.9. The Bertz CT molecular complexity index is 2100. The SMILES string of the molecule is Oc1ccc2c3ccccc3c3ccccc3c3c(O)c(O)c(O)c(O)c3c3c(O)c(O)c(O)c(O)c3c2c1O. The number of fused-ring (bicyclic) bond motifs is 10. The van der Waals surface area contributed by atoms with Gasteiger partial charge >= 0.3 is 0 Å². The van der Waals surface area contributed by atoms with Crippen LogP contribution in [0.25, 0.3) is 53.9 Å². The van der Waals surface area contributed by atoms with Crippen LogP contribution >= 0.6 is 0 Å². The number of phenols is 10. The van der Waals surface area contributed by atoms with E-state index in [-0.39, 0.29) is 21.5 Å². The third kappa shape index (κ3) is 3.04. The van der Waals surface area contributed by atoms with E-state index in [0.29, 0.717) is 16.2 Å². The number of phenolic OH excluding ortho intramolecular Hbond substituents is 10. The molecule has 40 heavy (non-hydrogen) atoms. The molecule has 0 saturated carbocycles. The third-order valence-electron chi connectivity index (χ3n) is 7.15. The summed E-state index contributed by atoms with van der Waals surface area (Å²) in [5, 5.41) is 108. The molecular formula is C30H20O10. The first kappa shape index (κ1) is 24.4. The van der Waals surface area contributed by atoms with Gasteiger partial charge in [0.2, 0.25) is 23.0 Å². The molecule has 0 aromatic heterocycles. The quantitative estimate of drug-likeness (QED) is 0.0849. The molecule has 0 heterocycles. The van der Waals surface area contributed by atoms with E-state index >= 15 is 0 Å². The molecule has 0 radical (unpaired) electrons. The average molecular weight is 540 g/mol. The van der Waals surface area contributed by atoms with E-state index in [1.807, 2.05) is 0 Å². The van der Waals surface area contributed by atoms with Crippen molar-refractivity contribution in [2.75, 3.05) is 0 Å². The summed E-state index contributed by atoms with van der Waals surface area (Å²) in [5.74, 6) is -10.3. The summed E-state index contributed by atoms with van der Waals surface area (Å²) in [4.78, 5) is 0. The van der Waals surface area contributed by atoms with E-state index in [2.05, 4.69) is 0 Å². The van der Waals surface area contributed by atoms with Crippen LogP contribution in [-0.4, -0.2) is 51.1 Å². The second-order valence-electron chi connectivity index (χ2n) is 9.24. The van der Waals surface area contributed by atoms with Gasteiger partial charge in [-0.15, -0.1) is 0 Å². The molecule has 0 aliphatic rings. The van der Waals surface area contributed by atoms with Gasteiger partial charge in [0, 0.05) is 26.9 Å². The van der Waals surface area contributed by atoms with E-state index in [0.717, 1.165) is 0 Å². The Morgan fingerprint density at radius 2 is 0.550 bits per heavy atom. The zero-order valence-electron chi connectivity index (χ0n) is 20.2. The number of hydrogen-bond donors (Lipinski definition) is 10. The van der Waals surface area contributed by atoms with Crippen molar-refractivity contribution in [2.45, 2.75) is 0 Å². The summed E-state index contributed by atoms with van der Waals surface area (Å²) in [6.07, 6.45) is 0. The Morgan fingerprint density at radius 1 is 0.250 bits per heavy atom. The molecule has 0 bridgehead atoms. The first-order valence-corrected chi connectivity index (χ1v) is 11.8. The van der Waals surface area contributed by atoms with Gasteiger partial charge in [-0.3, -0.25) is 0 Å². The van der Waals surface area contributed by atoms with Crippen LogP contribution in [0.5, 0.6) is 57.5 Å². The van der Waals surface area contributed by atoms with Gasteiger partial charge in [-0.1, -0.05) is 48.5 Å². The summed E-state index contributed by atoms with van der Waals surface area (Å²) in [6.45, 7) is 0. The molecule has 0 aliphatic heterocycles. The summed E-state index contributed by atoms with van der Waals surface area (Å²) < 4.78 is 0. The fraction of sp³-hybridized carbons (Fsp3) is 0. The van der Waals surface area contributed by atoms with Crippen molar-refractivity contribution in [1.29, 1.82) is 0 Å². The minimum absolute atomic E-state index is 0.192. The first-order chi connectivity index (χ1) is 19.1. The molecule has 6 aromatic rings. The second kappa shape index (κ2) is 8.30. The molecule has 200 valence electrons. The predicted octanol–water partition coefficient (Wildman–Crippen LogP) is 5.63. The largest absolute Gasteiger partial charge is 0.504 e. The topological polar surface area (TPSA) is 202 Å². The Balaban J connectivity index is 2.29. The van der Waals surface area contributed by atoms with Gasteiger partial charge in [-0.05, 0) is 39.1 Å². The fourth-order valence-electron chi connectivity index (χ4n) is 5.33. The van der Waals surface area contributed by atoms with Crippen LogP contribution in [0, 0.1) is 0 Å². The van der Waals surface area contributed by atoms with Gasteiger partial charge in [-0.25, -0.2) is 0 Å². The maximum atomic E-state index is 11.2. The molecule has 6 rings (SSSR count). The highest BCUT2D eigenvalue weighted by Gasteiger charge is 2.28. The molecule has 0 fully saturated rings. The molecule has 0 atom stereocenters. The minimum atomic E-state index is -1.22. The summed E-state index contributed by atoms with van der Waals surface area (Å²) >= 11 is 0. The predicted molar refractivity (Wildman–Crippen MR) is 148 cm³/mol. The summed E-state index contributed by atoms with van der Waals surface area (Å²) in [7, 11) is 0. The molecule has 6 aromatic carbocycles. The highest BCUT2D eigenvalue weighted by atomic mass is 16.4. The summed E-state index contributed by atoms with van der Waals surface area (Å²) in [5.41, 5.74) is 0. The lowest BCUT2D eigenvalue weighted by Gasteiger charge is -2.16. The zero-order valence-corrected chi connectivity index (χ0v) is 20.2. The van der Waals surface area contributed by atoms with Crippen LogP contribution in [0.1, 0.15) is 0 Å². The van der Waals surface area contributed by atoms with Crippen molar-refractivity contribution in [3.63, 3.8) is 0 Å². The smallest absolute Gasteiger partial charge is 0.204 e. The van der Waals surface area contributed by atoms with Gasteiger partial charge in [-0.2, -0.15) is 0 Å². The number of aromatic hydroxyl groups is 10. The van der Waals surface area contributed by atoms with Gasteiger partial charge in [0.05, 0.1) is 0 Å². The first-order valence-electron chi connectivity index (χ1n) is 11.8. The zero-order chi connectivity index (χ0) is 28.6. The molecule has 0 unspecified atom stereocenters. The van der Waals surface area contributed by atoms with E-state index in [1.165, 1.54) is 18.2 Å². The number of rotatable bonds is 0. The van der Waals surface area contributed by atoms with E-state index < -0.39 is 73.7 Å². The molecule has 10 N–H and O–H groups in total. The van der Waals surface area contributed by atoms with Gasteiger partial charge in [0.15, 0.2) is 34.5 Å². The van der Waals surface area contributed by atoms with Crippen LogP contribution in [0.4, 0.5) is 0 Å². The highest BCUT2D eigenvalue weighted by Crippen LogP contribution is 2.58. The Morgan fingerprint density at radius 3 is 1.00 bits per heavy atom. The fourth-order valence-corrected chi connectivity index (χ4v) is 5.33. The normalized spacial score (nSPS) is 11.5. The third-order valence-corrected chi connectivity index (χ3v) is 7.15. The van der Waals surface area contributed by atoms with Crippen molar-refractivity contribution in [1.82, 2.24) is 0 Å². The molecular weight excluding hydrogens is 520 g/mol. The van der Waals surface area contributed by atoms with Crippen LogP contribution in [0.2, 0.25) is 0 Å². The molecule has 10 heteroatoms. The molecule has 0 amide bonds. The van der Waals surface area contributed by atoms with E-state index in [4.69, 9.17) is 0 Å². The Kier molecular flexibility index (Phi) is 5.07. The van der Waals surface area contributed by atoms with Crippen molar-refractivity contribution in [2.24, 2.45) is 0 Å². The average Bonchev–Trinajstić information content (AvgIpc) is 2.96. The lowest BCUT2D eigenvalue weighted by Crippen LogP contribution is -1.87. The lowest BCUT2D eigenvalue weighted by molar-refractivity contribution is 0.349. The Hall–Kier alpha value is -5.90. The van der Waals surface area contributed by atoms with Crippen LogP contribution < -0.4 is 0 Å². The van der Waals surface area contributed by atoms with Gasteiger partial charge < -0.3 is 51.1 Å². The van der Waals surface area contributed by atoms with Crippen molar-refractivity contribution < 1.29 is 51.1 Å². The van der Waals surface area contributed by atoms with Crippen LogP contribution in [-0.2, 0) is 0 Å². The van der Waals surface area contributed by atoms with Crippen molar-refractivity contribution in [3.8, 4) is 57.5 Å². The second-order valence-corrected chi connectivity index (χ2v) is 9.24. The van der Waals surface area contributed by atoms with Crippen LogP contribution in [0.3, 0.4) is 0 Å². The van der Waals surface area contributed by atoms with Crippen LogP contribution in [0.15, 0.2) is 60.7 Å². The minimum Gasteiger partial charge on any atom is -0.504 e. The van der Waals surface area contributed by atoms with Crippen molar-refractivity contribution >= 4 is 53.9 Å². The Labute approximate surface area is 223 Å². The molecule has 10 nitrogen and oxygen atoms in total. The molecule has 0 saturated heterocycles. The standard InChI is InChI=1S/C30H20O10/c31-16-10-9-15-13-7-2-1-5-11(13)12-6-3-4-8-14(12)18-20(25(35)28(38)27(37)23(18)33)21-19(17(15)22(16)32)24(34)29(39)30(40)26(21)36/h1-10,31-40H. The van der Waals surface area contributed by atoms with E-state index in [1.54, 1.807) is 42.5 Å². The number of benzene rings is 5. The van der Waals surface area contributed by atoms with Gasteiger partial charge in [0.25, 0.3) is 0 Å². The monoisotopic (exact) mass is 540 g/mol.